The number of carbonyl (C=O) groups excluding carboxylic acids is 1. The van der Waals surface area contributed by atoms with Gasteiger partial charge in [-0.3, -0.25) is 4.79 Å². The summed E-state index contributed by atoms with van der Waals surface area (Å²) in [5, 5.41) is 8.06. The number of nitrogens with one attached hydrogen (secondary N) is 1. The number of benzene rings is 3. The summed E-state index contributed by atoms with van der Waals surface area (Å²) in [6.45, 7) is 5.99. The van der Waals surface area contributed by atoms with Crippen molar-refractivity contribution in [3.8, 4) is 17.1 Å². The average Bonchev–Trinajstić information content (AvgIpc) is 3.16. The molecule has 1 aromatic heterocycles. The van der Waals surface area contributed by atoms with Gasteiger partial charge in [0.15, 0.2) is 5.82 Å². The molecule has 0 bridgehead atoms. The maximum absolute atomic E-state index is 12.9. The van der Waals surface area contributed by atoms with Crippen LogP contribution in [0.5, 0.6) is 0 Å². The third kappa shape index (κ3) is 4.11. The van der Waals surface area contributed by atoms with E-state index in [1.807, 2.05) is 75.4 Å². The minimum atomic E-state index is -0.358. The lowest BCUT2D eigenvalue weighted by Gasteiger charge is -2.07. The normalized spacial score (nSPS) is 10.8. The third-order valence-electron chi connectivity index (χ3n) is 4.79. The van der Waals surface area contributed by atoms with Crippen molar-refractivity contribution in [3.05, 3.63) is 94.3 Å². The first-order valence-corrected chi connectivity index (χ1v) is 9.97. The number of hydrogen-bond acceptors (Lipinski definition) is 3. The smallest absolute Gasteiger partial charge is 0.295 e. The number of nitrogens with zero attached hydrogens (tertiary/aromatic N) is 3. The van der Waals surface area contributed by atoms with Crippen molar-refractivity contribution in [1.82, 2.24) is 14.8 Å². The van der Waals surface area contributed by atoms with E-state index in [4.69, 9.17) is 11.6 Å². The lowest BCUT2D eigenvalue weighted by molar-refractivity contribution is 0.101. The summed E-state index contributed by atoms with van der Waals surface area (Å²) in [5.74, 6) is 0.330. The molecule has 1 amide bonds. The van der Waals surface area contributed by atoms with Crippen LogP contribution in [0, 0.1) is 20.8 Å². The molecule has 0 spiro atoms. The molecule has 0 fully saturated rings. The van der Waals surface area contributed by atoms with Crippen LogP contribution in [0.4, 0.5) is 5.69 Å². The first-order valence-electron chi connectivity index (χ1n) is 9.59. The molecule has 6 heteroatoms. The van der Waals surface area contributed by atoms with Crippen LogP contribution in [-0.4, -0.2) is 20.7 Å². The number of rotatable bonds is 4. The van der Waals surface area contributed by atoms with Crippen LogP contribution in [0.1, 0.15) is 27.3 Å². The molecule has 150 valence electrons. The predicted octanol–water partition coefficient (Wildman–Crippen LogP) is 5.77. The van der Waals surface area contributed by atoms with Gasteiger partial charge >= 0.3 is 0 Å². The second-order valence-corrected chi connectivity index (χ2v) is 7.73. The minimum Gasteiger partial charge on any atom is -0.319 e. The Morgan fingerprint density at radius 2 is 1.67 bits per heavy atom. The molecule has 0 aliphatic heterocycles. The van der Waals surface area contributed by atoms with Crippen LogP contribution in [-0.2, 0) is 0 Å². The molecule has 0 saturated heterocycles. The van der Waals surface area contributed by atoms with E-state index < -0.39 is 0 Å². The van der Waals surface area contributed by atoms with Crippen molar-refractivity contribution >= 4 is 23.2 Å². The Morgan fingerprint density at radius 1 is 0.933 bits per heavy atom. The van der Waals surface area contributed by atoms with E-state index >= 15 is 0 Å². The average molecular weight is 417 g/mol. The lowest BCUT2D eigenvalue weighted by atomic mass is 10.1. The zero-order valence-electron chi connectivity index (χ0n) is 17.0. The van der Waals surface area contributed by atoms with E-state index in [0.29, 0.717) is 10.8 Å². The summed E-state index contributed by atoms with van der Waals surface area (Å²) in [6.07, 6.45) is 0. The van der Waals surface area contributed by atoms with Crippen molar-refractivity contribution in [2.24, 2.45) is 0 Å². The zero-order chi connectivity index (χ0) is 21.3. The Kier molecular flexibility index (Phi) is 5.38. The summed E-state index contributed by atoms with van der Waals surface area (Å²) >= 11 is 6.04. The topological polar surface area (TPSA) is 59.8 Å². The number of halogens is 1. The number of aryl methyl sites for hydroxylation is 3. The van der Waals surface area contributed by atoms with Gasteiger partial charge in [-0.05, 0) is 62.7 Å². The van der Waals surface area contributed by atoms with Crippen LogP contribution in [0.15, 0.2) is 66.7 Å². The lowest BCUT2D eigenvalue weighted by Crippen LogP contribution is -2.15. The highest BCUT2D eigenvalue weighted by Gasteiger charge is 2.19. The van der Waals surface area contributed by atoms with Crippen LogP contribution < -0.4 is 5.32 Å². The summed E-state index contributed by atoms with van der Waals surface area (Å²) < 4.78 is 1.67. The van der Waals surface area contributed by atoms with Crippen LogP contribution in [0.3, 0.4) is 0 Å². The van der Waals surface area contributed by atoms with Gasteiger partial charge in [0.25, 0.3) is 5.91 Å². The van der Waals surface area contributed by atoms with Gasteiger partial charge in [-0.15, -0.1) is 5.10 Å². The summed E-state index contributed by atoms with van der Waals surface area (Å²) in [4.78, 5) is 17.5. The summed E-state index contributed by atoms with van der Waals surface area (Å²) in [6, 6.07) is 21.1. The van der Waals surface area contributed by atoms with Crippen molar-refractivity contribution in [1.29, 1.82) is 0 Å². The Morgan fingerprint density at radius 3 is 2.37 bits per heavy atom. The molecule has 0 aliphatic carbocycles. The Labute approximate surface area is 180 Å². The molecule has 3 aromatic carbocycles. The molecule has 4 aromatic rings. The highest BCUT2D eigenvalue weighted by molar-refractivity contribution is 6.30. The maximum atomic E-state index is 12.9. The number of aromatic nitrogens is 3. The second kappa shape index (κ2) is 8.13. The Bertz CT molecular complexity index is 1230. The standard InChI is InChI=1S/C24H21ClN4O/c1-15-5-4-6-18(14-15)23-27-22(28-29(23)20-10-8-19(25)9-11-20)24(30)26-21-12-7-16(2)13-17(21)3/h4-14H,1-3H3,(H,26,30). The molecule has 30 heavy (non-hydrogen) atoms. The van der Waals surface area contributed by atoms with Crippen LogP contribution in [0.25, 0.3) is 17.1 Å². The number of hydrogen-bond donors (Lipinski definition) is 1. The molecule has 1 heterocycles. The van der Waals surface area contributed by atoms with Crippen molar-refractivity contribution in [2.75, 3.05) is 5.32 Å². The van der Waals surface area contributed by atoms with E-state index in [9.17, 15) is 4.79 Å². The SMILES string of the molecule is Cc1cccc(-c2nc(C(=O)Nc3ccc(C)cc3C)nn2-c2ccc(Cl)cc2)c1. The molecule has 0 unspecified atom stereocenters. The second-order valence-electron chi connectivity index (χ2n) is 7.29. The largest absolute Gasteiger partial charge is 0.319 e. The van der Waals surface area contributed by atoms with Gasteiger partial charge in [-0.1, -0.05) is 53.1 Å². The molecular weight excluding hydrogens is 396 g/mol. The summed E-state index contributed by atoms with van der Waals surface area (Å²) in [5.41, 5.74) is 5.61. The van der Waals surface area contributed by atoms with Gasteiger partial charge < -0.3 is 5.32 Å². The van der Waals surface area contributed by atoms with E-state index in [-0.39, 0.29) is 11.7 Å². The summed E-state index contributed by atoms with van der Waals surface area (Å²) in [7, 11) is 0. The molecule has 0 radical (unpaired) electrons. The highest BCUT2D eigenvalue weighted by atomic mass is 35.5. The predicted molar refractivity (Wildman–Crippen MR) is 120 cm³/mol. The monoisotopic (exact) mass is 416 g/mol. The number of carbonyl (C=O) groups is 1. The minimum absolute atomic E-state index is 0.0985. The van der Waals surface area contributed by atoms with Crippen molar-refractivity contribution < 1.29 is 4.79 Å². The Hall–Kier alpha value is -3.44. The number of amides is 1. The van der Waals surface area contributed by atoms with E-state index in [1.54, 1.807) is 16.8 Å². The van der Waals surface area contributed by atoms with Crippen LogP contribution in [0.2, 0.25) is 5.02 Å². The van der Waals surface area contributed by atoms with Gasteiger partial charge in [-0.2, -0.15) is 0 Å². The van der Waals surface area contributed by atoms with E-state index in [2.05, 4.69) is 15.4 Å². The third-order valence-corrected chi connectivity index (χ3v) is 5.04. The van der Waals surface area contributed by atoms with Crippen molar-refractivity contribution in [2.45, 2.75) is 20.8 Å². The molecular formula is C24H21ClN4O. The van der Waals surface area contributed by atoms with Gasteiger partial charge in [-0.25, -0.2) is 9.67 Å². The molecule has 4 rings (SSSR count). The molecule has 0 saturated carbocycles. The molecule has 0 atom stereocenters. The quantitative estimate of drug-likeness (QED) is 0.459. The van der Waals surface area contributed by atoms with Gasteiger partial charge in [0.05, 0.1) is 5.69 Å². The first-order chi connectivity index (χ1) is 14.4. The highest BCUT2D eigenvalue weighted by Crippen LogP contribution is 2.24. The number of anilines is 1. The first kappa shape index (κ1) is 19.9. The van der Waals surface area contributed by atoms with E-state index in [1.165, 1.54) is 0 Å². The molecule has 0 aliphatic rings. The molecule has 1 N–H and O–H groups in total. The molecule has 5 nitrogen and oxygen atoms in total. The fraction of sp³-hybridized carbons (Fsp3) is 0.125. The Balaban J connectivity index is 1.76. The zero-order valence-corrected chi connectivity index (χ0v) is 17.7. The van der Waals surface area contributed by atoms with Gasteiger partial charge in [0, 0.05) is 16.3 Å². The van der Waals surface area contributed by atoms with E-state index in [0.717, 1.165) is 33.6 Å². The van der Waals surface area contributed by atoms with Crippen LogP contribution >= 0.6 is 11.6 Å². The maximum Gasteiger partial charge on any atom is 0.295 e. The van der Waals surface area contributed by atoms with Gasteiger partial charge in [0.1, 0.15) is 0 Å². The van der Waals surface area contributed by atoms with Crippen molar-refractivity contribution in [3.63, 3.8) is 0 Å². The fourth-order valence-corrected chi connectivity index (χ4v) is 3.40. The van der Waals surface area contributed by atoms with Gasteiger partial charge in [0.2, 0.25) is 5.82 Å². The fourth-order valence-electron chi connectivity index (χ4n) is 3.27.